The fourth-order valence-electron chi connectivity index (χ4n) is 2.89. The molecule has 2 heterocycles. The Kier molecular flexibility index (Phi) is 7.91. The summed E-state index contributed by atoms with van der Waals surface area (Å²) < 4.78 is 0.586. The number of hydrogen-bond acceptors (Lipinski definition) is 4. The fourth-order valence-corrected chi connectivity index (χ4v) is 5.65. The van der Waals surface area contributed by atoms with Crippen molar-refractivity contribution in [2.45, 2.75) is 38.4 Å². The molecule has 2 N–H and O–H groups in total. The molecule has 0 saturated heterocycles. The van der Waals surface area contributed by atoms with Crippen LogP contribution in [0.15, 0.2) is 47.2 Å². The van der Waals surface area contributed by atoms with E-state index in [9.17, 15) is 9.59 Å². The van der Waals surface area contributed by atoms with E-state index in [-0.39, 0.29) is 16.7 Å². The van der Waals surface area contributed by atoms with Crippen molar-refractivity contribution in [1.82, 2.24) is 4.98 Å². The summed E-state index contributed by atoms with van der Waals surface area (Å²) in [7, 11) is -0.370. The highest BCUT2D eigenvalue weighted by atomic mass is 35.5. The van der Waals surface area contributed by atoms with Gasteiger partial charge in [0.25, 0.3) is 0 Å². The topological polar surface area (TPSA) is 71.1 Å². The fraction of sp³-hybridized carbons (Fsp3) is 0.286. The Morgan fingerprint density at radius 1 is 1.14 bits per heavy atom. The van der Waals surface area contributed by atoms with Gasteiger partial charge in [-0.2, -0.15) is 0 Å². The molecule has 0 spiro atoms. The molecule has 0 unspecified atom stereocenters. The van der Waals surface area contributed by atoms with Gasteiger partial charge in [0, 0.05) is 17.7 Å². The maximum Gasteiger partial charge on any atom is 0.325 e. The smallest absolute Gasteiger partial charge is 0.307 e. The van der Waals surface area contributed by atoms with Gasteiger partial charge >= 0.3 is 6.03 Å². The van der Waals surface area contributed by atoms with Gasteiger partial charge in [-0.3, -0.25) is 10.1 Å². The molecule has 0 atom stereocenters. The first-order valence-electron chi connectivity index (χ1n) is 9.53. The summed E-state index contributed by atoms with van der Waals surface area (Å²) in [5.74, 6) is 0.796. The van der Waals surface area contributed by atoms with Gasteiger partial charge in [0.05, 0.1) is 11.4 Å². The van der Waals surface area contributed by atoms with Gasteiger partial charge < -0.3 is 5.32 Å². The summed E-state index contributed by atoms with van der Waals surface area (Å²) >= 11 is 7.53. The van der Waals surface area contributed by atoms with E-state index < -0.39 is 6.03 Å². The van der Waals surface area contributed by atoms with Gasteiger partial charge in [0.2, 0.25) is 0 Å². The number of halogens is 1. The van der Waals surface area contributed by atoms with Crippen LogP contribution in [0.3, 0.4) is 0 Å². The van der Waals surface area contributed by atoms with Crippen LogP contribution >= 0.6 is 33.8 Å². The Balaban J connectivity index is 1.62. The molecule has 0 saturated carbocycles. The number of unbranched alkanes of at least 4 members (excludes halogenated alkanes) is 2. The molecule has 1 aliphatic rings. The van der Waals surface area contributed by atoms with E-state index in [1.165, 1.54) is 11.3 Å². The number of amides is 2. The number of urea groups is 1. The van der Waals surface area contributed by atoms with Crippen LogP contribution in [0.25, 0.3) is 0 Å². The van der Waals surface area contributed by atoms with Crippen molar-refractivity contribution in [1.29, 1.82) is 0 Å². The van der Waals surface area contributed by atoms with E-state index in [0.717, 1.165) is 30.7 Å². The molecular weight excluding hydrogens is 426 g/mol. The molecule has 0 radical (unpaired) electrons. The lowest BCUT2D eigenvalue weighted by Gasteiger charge is -2.10. The van der Waals surface area contributed by atoms with Crippen LogP contribution in [0, 0.1) is 0 Å². The van der Waals surface area contributed by atoms with Crippen molar-refractivity contribution in [3.63, 3.8) is 0 Å². The van der Waals surface area contributed by atoms with E-state index in [1.54, 1.807) is 24.3 Å². The predicted octanol–water partition coefficient (Wildman–Crippen LogP) is 6.75. The van der Waals surface area contributed by atoms with Gasteiger partial charge in [-0.15, -0.1) is 0 Å². The highest BCUT2D eigenvalue weighted by Gasteiger charge is 2.16. The van der Waals surface area contributed by atoms with Gasteiger partial charge in [-0.1, -0.05) is 67.0 Å². The number of Topliss-reactive ketones (excluding diaryl/α,β-unsaturated/α-hetero) is 1. The van der Waals surface area contributed by atoms with Crippen molar-refractivity contribution in [3.05, 3.63) is 62.8 Å². The van der Waals surface area contributed by atoms with Crippen molar-refractivity contribution in [2.24, 2.45) is 0 Å². The number of allylic oxidation sites excluding steroid dienone is 2. The Bertz CT molecular complexity index is 928. The number of rotatable bonds is 9. The number of thiol groups is 1. The van der Waals surface area contributed by atoms with Crippen LogP contribution in [-0.4, -0.2) is 16.8 Å². The van der Waals surface area contributed by atoms with E-state index in [2.05, 4.69) is 33.4 Å². The quantitative estimate of drug-likeness (QED) is 0.225. The van der Waals surface area contributed by atoms with Crippen LogP contribution in [0.2, 0.25) is 4.34 Å². The van der Waals surface area contributed by atoms with E-state index >= 15 is 0 Å². The molecule has 1 aromatic carbocycles. The Labute approximate surface area is 182 Å². The second-order valence-electron chi connectivity index (χ2n) is 6.60. The van der Waals surface area contributed by atoms with Crippen LogP contribution in [0.4, 0.5) is 15.6 Å². The average Bonchev–Trinajstić information content (AvgIpc) is 3.32. The summed E-state index contributed by atoms with van der Waals surface area (Å²) in [6, 6.07) is 6.63. The summed E-state index contributed by atoms with van der Waals surface area (Å²) in [6.45, 7) is 2.10. The Morgan fingerprint density at radius 3 is 2.66 bits per heavy atom. The van der Waals surface area contributed by atoms with Crippen molar-refractivity contribution >= 4 is 56.5 Å². The minimum atomic E-state index is -0.442. The predicted molar refractivity (Wildman–Crippen MR) is 126 cm³/mol. The summed E-state index contributed by atoms with van der Waals surface area (Å²) in [6.07, 6.45) is 7.46. The number of thiazole rings is 1. The molecule has 5 nitrogen and oxygen atoms in total. The third kappa shape index (κ3) is 6.19. The van der Waals surface area contributed by atoms with Crippen molar-refractivity contribution in [2.75, 3.05) is 10.6 Å². The van der Waals surface area contributed by atoms with Gasteiger partial charge in [0.15, 0.2) is 10.9 Å². The number of nitrogens with one attached hydrogen (secondary N) is 2. The molecule has 0 fully saturated rings. The summed E-state index contributed by atoms with van der Waals surface area (Å²) in [5, 5.41) is 10.2. The van der Waals surface area contributed by atoms with Crippen LogP contribution < -0.4 is 10.6 Å². The maximum atomic E-state index is 12.5. The summed E-state index contributed by atoms with van der Waals surface area (Å²) in [4.78, 5) is 29.4. The van der Waals surface area contributed by atoms with Crippen LogP contribution in [0.5, 0.6) is 0 Å². The van der Waals surface area contributed by atoms with Crippen LogP contribution in [-0.2, 0) is 5.75 Å². The molecule has 2 aromatic rings. The maximum absolute atomic E-state index is 12.5. The number of nitrogens with zero attached hydrogens (tertiary/aromatic N) is 1. The number of ketones is 1. The normalized spacial score (nSPS) is 13.7. The minimum Gasteiger partial charge on any atom is -0.307 e. The second-order valence-corrected chi connectivity index (χ2v) is 10.1. The first-order chi connectivity index (χ1) is 14.1. The van der Waals surface area contributed by atoms with E-state index in [4.69, 9.17) is 11.6 Å². The zero-order chi connectivity index (χ0) is 20.6. The molecule has 29 heavy (non-hydrogen) atoms. The standard InChI is InChI=1S/C21H24ClN3O2S2/c1-2-3-4-11-18(26)15-9-5-6-10-16(15)23-20(27)25-21-24-17(19(22)28-21)14-29-12-7-8-13-29/h5-10,12-13,29H,2-4,11,14H2,1H3,(H2,23,24,25,27). The zero-order valence-corrected chi connectivity index (χ0v) is 18.6. The Morgan fingerprint density at radius 2 is 1.90 bits per heavy atom. The SMILES string of the molecule is CCCCCC(=O)c1ccccc1NC(=O)Nc1nc(C[SH]2C=CC=C2)c(Cl)s1. The molecule has 8 heteroatoms. The third-order valence-corrected chi connectivity index (χ3v) is 7.38. The van der Waals surface area contributed by atoms with Crippen molar-refractivity contribution < 1.29 is 9.59 Å². The lowest BCUT2D eigenvalue weighted by atomic mass is 10.0. The highest BCUT2D eigenvalue weighted by Crippen LogP contribution is 2.40. The van der Waals surface area contributed by atoms with Crippen molar-refractivity contribution in [3.8, 4) is 0 Å². The van der Waals surface area contributed by atoms with E-state index in [1.807, 2.05) is 12.2 Å². The molecule has 154 valence electrons. The number of para-hydroxylation sites is 1. The molecule has 2 amide bonds. The highest BCUT2D eigenvalue weighted by molar-refractivity contribution is 8.21. The Hall–Kier alpha value is -2.09. The molecule has 1 aromatic heterocycles. The number of hydrogen-bond donors (Lipinski definition) is 3. The second kappa shape index (κ2) is 10.6. The molecule has 1 aliphatic heterocycles. The number of benzene rings is 1. The number of carbonyl (C=O) groups is 2. The van der Waals surface area contributed by atoms with Crippen LogP contribution in [0.1, 0.15) is 48.7 Å². The van der Waals surface area contributed by atoms with E-state index in [0.29, 0.717) is 27.1 Å². The van der Waals surface area contributed by atoms with Gasteiger partial charge in [-0.05, 0) is 29.4 Å². The van der Waals surface area contributed by atoms with Gasteiger partial charge in [-0.25, -0.2) is 20.7 Å². The lowest BCUT2D eigenvalue weighted by molar-refractivity contribution is 0.0980. The number of carbonyl (C=O) groups excluding carboxylic acids is 2. The molecule has 0 aliphatic carbocycles. The number of aromatic nitrogens is 1. The average molecular weight is 450 g/mol. The largest absolute Gasteiger partial charge is 0.325 e. The zero-order valence-electron chi connectivity index (χ0n) is 16.2. The third-order valence-electron chi connectivity index (χ3n) is 4.35. The lowest BCUT2D eigenvalue weighted by Crippen LogP contribution is -2.21. The molecular formula is C21H24ClN3O2S2. The number of anilines is 2. The molecule has 3 rings (SSSR count). The minimum absolute atomic E-state index is 0.0360. The molecule has 0 bridgehead atoms. The monoisotopic (exact) mass is 449 g/mol. The first-order valence-corrected chi connectivity index (χ1v) is 12.4. The van der Waals surface area contributed by atoms with Gasteiger partial charge in [0.1, 0.15) is 4.34 Å². The first kappa shape index (κ1) is 21.6. The summed E-state index contributed by atoms with van der Waals surface area (Å²) in [5.41, 5.74) is 1.82.